The van der Waals surface area contributed by atoms with Crippen LogP contribution in [-0.2, 0) is 6.42 Å². The van der Waals surface area contributed by atoms with Crippen LogP contribution in [0, 0.1) is 0 Å². The van der Waals surface area contributed by atoms with Gasteiger partial charge in [-0.15, -0.1) is 0 Å². The van der Waals surface area contributed by atoms with Crippen LogP contribution >= 0.6 is 0 Å². The second-order valence-corrected chi connectivity index (χ2v) is 7.36. The lowest BCUT2D eigenvalue weighted by Crippen LogP contribution is -2.09. The number of benzene rings is 4. The summed E-state index contributed by atoms with van der Waals surface area (Å²) in [7, 11) is 0. The maximum atomic E-state index is 4.23. The van der Waals surface area contributed by atoms with Crippen LogP contribution in [0.5, 0.6) is 0 Å². The molecule has 0 spiro atoms. The molecule has 0 saturated heterocycles. The van der Waals surface area contributed by atoms with Crippen molar-refractivity contribution >= 4 is 44.1 Å². The van der Waals surface area contributed by atoms with Crippen LogP contribution < -0.4 is 5.32 Å². The molecule has 0 amide bonds. The predicted molar refractivity (Wildman–Crippen MR) is 115 cm³/mol. The van der Waals surface area contributed by atoms with Gasteiger partial charge in [-0.05, 0) is 67.7 Å². The lowest BCUT2D eigenvalue weighted by molar-refractivity contribution is 1.11. The molecule has 1 aliphatic heterocycles. The zero-order chi connectivity index (χ0) is 18.0. The van der Waals surface area contributed by atoms with E-state index in [1.54, 1.807) is 0 Å². The van der Waals surface area contributed by atoms with Crippen molar-refractivity contribution in [2.45, 2.75) is 6.42 Å². The molecule has 4 aromatic carbocycles. The van der Waals surface area contributed by atoms with Gasteiger partial charge in [-0.1, -0.05) is 43.0 Å². The van der Waals surface area contributed by atoms with Crippen LogP contribution in [0.15, 0.2) is 73.6 Å². The first-order valence-corrected chi connectivity index (χ1v) is 9.27. The van der Waals surface area contributed by atoms with Crippen molar-refractivity contribution in [1.29, 1.82) is 0 Å². The van der Waals surface area contributed by atoms with E-state index in [1.165, 1.54) is 54.7 Å². The zero-order valence-electron chi connectivity index (χ0n) is 14.8. The van der Waals surface area contributed by atoms with Gasteiger partial charge < -0.3 is 10.3 Å². The van der Waals surface area contributed by atoms with Crippen molar-refractivity contribution < 1.29 is 0 Å². The van der Waals surface area contributed by atoms with E-state index in [0.29, 0.717) is 0 Å². The quantitative estimate of drug-likeness (QED) is 0.374. The Morgan fingerprint density at radius 3 is 2.41 bits per heavy atom. The van der Waals surface area contributed by atoms with Gasteiger partial charge in [0, 0.05) is 35.8 Å². The summed E-state index contributed by atoms with van der Waals surface area (Å²) in [5, 5.41) is 11.1. The van der Waals surface area contributed by atoms with E-state index < -0.39 is 0 Å². The van der Waals surface area contributed by atoms with Crippen LogP contribution in [0.3, 0.4) is 0 Å². The molecule has 2 heteroatoms. The lowest BCUT2D eigenvalue weighted by Gasteiger charge is -2.21. The first kappa shape index (κ1) is 14.6. The van der Waals surface area contributed by atoms with Crippen LogP contribution in [0.4, 0.5) is 0 Å². The normalized spacial score (nSPS) is 13.6. The van der Waals surface area contributed by atoms with Gasteiger partial charge in [0.15, 0.2) is 0 Å². The van der Waals surface area contributed by atoms with Gasteiger partial charge in [-0.2, -0.15) is 0 Å². The minimum atomic E-state index is 0.921. The van der Waals surface area contributed by atoms with Crippen molar-refractivity contribution in [2.24, 2.45) is 0 Å². The number of rotatable bonds is 2. The van der Waals surface area contributed by atoms with Gasteiger partial charge in [0.25, 0.3) is 0 Å². The Morgan fingerprint density at radius 1 is 0.852 bits per heavy atom. The monoisotopic (exact) mass is 346 g/mol. The van der Waals surface area contributed by atoms with Crippen LogP contribution in [-0.4, -0.2) is 4.98 Å². The van der Waals surface area contributed by atoms with Crippen molar-refractivity contribution in [3.05, 3.63) is 96.0 Å². The first-order valence-electron chi connectivity index (χ1n) is 9.27. The highest BCUT2D eigenvalue weighted by Crippen LogP contribution is 2.40. The Bertz CT molecular complexity index is 1350. The number of nitrogens with one attached hydrogen (secondary N) is 2. The molecule has 0 fully saturated rings. The molecule has 0 bridgehead atoms. The Balaban J connectivity index is 1.68. The highest BCUT2D eigenvalue weighted by atomic mass is 14.9. The van der Waals surface area contributed by atoms with E-state index >= 15 is 0 Å². The fourth-order valence-electron chi connectivity index (χ4n) is 4.55. The number of aromatic amines is 1. The summed E-state index contributed by atoms with van der Waals surface area (Å²) in [4.78, 5) is 3.31. The van der Waals surface area contributed by atoms with E-state index in [1.807, 2.05) is 12.4 Å². The van der Waals surface area contributed by atoms with E-state index in [-0.39, 0.29) is 0 Å². The van der Waals surface area contributed by atoms with Gasteiger partial charge in [0.2, 0.25) is 0 Å². The molecule has 0 saturated carbocycles. The molecule has 5 aromatic rings. The summed E-state index contributed by atoms with van der Waals surface area (Å²) in [5.74, 6) is 0. The average Bonchev–Trinajstić information content (AvgIpc) is 3.18. The van der Waals surface area contributed by atoms with Crippen molar-refractivity contribution in [1.82, 2.24) is 10.3 Å². The molecule has 2 N–H and O–H groups in total. The number of fused-ring (bicyclic) bond motifs is 2. The fraction of sp³-hybridized carbons (Fsp3) is 0.0400. The lowest BCUT2D eigenvalue weighted by atomic mass is 9.87. The molecule has 1 aromatic heterocycles. The molecule has 2 nitrogen and oxygen atoms in total. The molecule has 128 valence electrons. The van der Waals surface area contributed by atoms with Crippen molar-refractivity contribution in [3.8, 4) is 0 Å². The standard InChI is InChI=1S/C25H18N2/c1-15-23-20(8-10-26-15)14-19-5-4-17-11-16(13-21-3-2-9-27-21)12-18-6-7-22(23)25(19)24(17)18/h2-12,14,26-27H,1,13H2. The highest BCUT2D eigenvalue weighted by Gasteiger charge is 2.17. The van der Waals surface area contributed by atoms with Crippen molar-refractivity contribution in [2.75, 3.05) is 0 Å². The van der Waals surface area contributed by atoms with E-state index in [0.717, 1.165) is 12.1 Å². The van der Waals surface area contributed by atoms with Crippen LogP contribution in [0.2, 0.25) is 0 Å². The average molecular weight is 346 g/mol. The molecule has 27 heavy (non-hydrogen) atoms. The summed E-state index contributed by atoms with van der Waals surface area (Å²) in [6.07, 6.45) is 7.01. The predicted octanol–water partition coefficient (Wildman–Crippen LogP) is 6.05. The molecule has 2 heterocycles. The largest absolute Gasteiger partial charge is 0.365 e. The SMILES string of the molecule is C=C1NC=Cc2cc3ccc4cc(Cc5ccc[nH]5)cc5ccc(c21)c3c45. The van der Waals surface area contributed by atoms with E-state index in [4.69, 9.17) is 0 Å². The Kier molecular flexibility index (Phi) is 2.84. The number of aromatic nitrogens is 1. The third-order valence-corrected chi connectivity index (χ3v) is 5.69. The van der Waals surface area contributed by atoms with Gasteiger partial charge in [0.05, 0.1) is 0 Å². The summed E-state index contributed by atoms with van der Waals surface area (Å²) < 4.78 is 0. The number of hydrogen-bond acceptors (Lipinski definition) is 1. The number of hydrogen-bond donors (Lipinski definition) is 2. The molecule has 0 aliphatic carbocycles. The summed E-state index contributed by atoms with van der Waals surface area (Å²) in [6, 6.07) is 20.2. The van der Waals surface area contributed by atoms with Crippen molar-refractivity contribution in [3.63, 3.8) is 0 Å². The third-order valence-electron chi connectivity index (χ3n) is 5.69. The van der Waals surface area contributed by atoms with E-state index in [9.17, 15) is 0 Å². The molecular formula is C25H18N2. The minimum absolute atomic E-state index is 0.921. The first-order chi connectivity index (χ1) is 13.3. The maximum Gasteiger partial charge on any atom is 0.0392 e. The summed E-state index contributed by atoms with van der Waals surface area (Å²) in [5.41, 5.74) is 6.00. The van der Waals surface area contributed by atoms with Crippen LogP contribution in [0.25, 0.3) is 44.1 Å². The molecule has 0 radical (unpaired) electrons. The minimum Gasteiger partial charge on any atom is -0.365 e. The summed E-state index contributed by atoms with van der Waals surface area (Å²) >= 11 is 0. The van der Waals surface area contributed by atoms with Gasteiger partial charge in [-0.25, -0.2) is 0 Å². The second-order valence-electron chi connectivity index (χ2n) is 7.36. The van der Waals surface area contributed by atoms with Gasteiger partial charge in [0.1, 0.15) is 0 Å². The molecule has 1 aliphatic rings. The Hall–Kier alpha value is -3.52. The topological polar surface area (TPSA) is 27.8 Å². The molecule has 6 rings (SSSR count). The highest BCUT2D eigenvalue weighted by molar-refractivity contribution is 6.25. The number of H-pyrrole nitrogens is 1. The summed E-state index contributed by atoms with van der Waals surface area (Å²) in [6.45, 7) is 4.23. The van der Waals surface area contributed by atoms with E-state index in [2.05, 4.69) is 77.6 Å². The molecule has 0 atom stereocenters. The Labute approximate surface area is 157 Å². The fourth-order valence-corrected chi connectivity index (χ4v) is 4.55. The zero-order valence-corrected chi connectivity index (χ0v) is 14.8. The molecule has 0 unspecified atom stereocenters. The van der Waals surface area contributed by atoms with Gasteiger partial charge in [-0.3, -0.25) is 0 Å². The smallest absolute Gasteiger partial charge is 0.0392 e. The van der Waals surface area contributed by atoms with Gasteiger partial charge >= 0.3 is 0 Å². The molecular weight excluding hydrogens is 328 g/mol. The third kappa shape index (κ3) is 2.07. The Morgan fingerprint density at radius 2 is 1.63 bits per heavy atom. The second kappa shape index (κ2) is 5.24. The maximum absolute atomic E-state index is 4.23. The van der Waals surface area contributed by atoms with Crippen LogP contribution in [0.1, 0.15) is 22.4 Å².